The predicted octanol–water partition coefficient (Wildman–Crippen LogP) is 0.529. The number of imidazole rings is 1. The molecule has 0 radical (unpaired) electrons. The normalized spacial score (nSPS) is 22.5. The Bertz CT molecular complexity index is 545. The first-order chi connectivity index (χ1) is 12.1. The first kappa shape index (κ1) is 18.4. The summed E-state index contributed by atoms with van der Waals surface area (Å²) in [6.45, 7) is 5.78. The van der Waals surface area contributed by atoms with E-state index >= 15 is 0 Å². The van der Waals surface area contributed by atoms with Gasteiger partial charge in [0, 0.05) is 51.0 Å². The van der Waals surface area contributed by atoms with Crippen molar-refractivity contribution < 1.29 is 9.53 Å². The number of carbonyl (C=O) groups excluding carboxylic acids is 1. The second kappa shape index (κ2) is 8.78. The highest BCUT2D eigenvalue weighted by molar-refractivity contribution is 5.81. The van der Waals surface area contributed by atoms with Crippen LogP contribution in [0.25, 0.3) is 0 Å². The van der Waals surface area contributed by atoms with Crippen LogP contribution in [0.5, 0.6) is 0 Å². The Kier molecular flexibility index (Phi) is 6.45. The van der Waals surface area contributed by atoms with E-state index in [-0.39, 0.29) is 12.0 Å². The standard InChI is InChI=1S/C18H31N5O2/c1-21(2)8-3-9-22-12-6-20-17(22)15-4-10-23(11-5-15)18(24)16-14-19-7-13-25-16/h6,12,15-16,19H,3-5,7-11,13-14H2,1-2H3/t16-/m0/s1. The molecule has 0 bridgehead atoms. The molecule has 7 heteroatoms. The highest BCUT2D eigenvalue weighted by Crippen LogP contribution is 2.27. The molecule has 3 rings (SSSR count). The van der Waals surface area contributed by atoms with E-state index in [1.165, 1.54) is 5.82 Å². The van der Waals surface area contributed by atoms with Gasteiger partial charge in [-0.05, 0) is 39.9 Å². The molecule has 1 atom stereocenters. The Labute approximate surface area is 150 Å². The molecule has 2 aliphatic rings. The van der Waals surface area contributed by atoms with E-state index in [0.717, 1.165) is 52.0 Å². The number of hydrogen-bond acceptors (Lipinski definition) is 5. The average molecular weight is 349 g/mol. The van der Waals surface area contributed by atoms with E-state index in [2.05, 4.69) is 40.1 Å². The molecule has 2 saturated heterocycles. The third-order valence-electron chi connectivity index (χ3n) is 5.13. The Morgan fingerprint density at radius 3 is 2.88 bits per heavy atom. The fraction of sp³-hybridized carbons (Fsp3) is 0.778. The largest absolute Gasteiger partial charge is 0.366 e. The highest BCUT2D eigenvalue weighted by atomic mass is 16.5. The van der Waals surface area contributed by atoms with Crippen LogP contribution >= 0.6 is 0 Å². The van der Waals surface area contributed by atoms with E-state index in [1.54, 1.807) is 0 Å². The quantitative estimate of drug-likeness (QED) is 0.812. The molecule has 0 aromatic carbocycles. The van der Waals surface area contributed by atoms with Gasteiger partial charge in [0.15, 0.2) is 0 Å². The van der Waals surface area contributed by atoms with Crippen LogP contribution < -0.4 is 5.32 Å². The Balaban J connectivity index is 1.50. The molecule has 0 saturated carbocycles. The number of nitrogens with zero attached hydrogens (tertiary/aromatic N) is 4. The van der Waals surface area contributed by atoms with Gasteiger partial charge < -0.3 is 24.4 Å². The van der Waals surface area contributed by atoms with Gasteiger partial charge in [-0.2, -0.15) is 0 Å². The summed E-state index contributed by atoms with van der Waals surface area (Å²) in [4.78, 5) is 21.3. The summed E-state index contributed by atoms with van der Waals surface area (Å²) in [7, 11) is 4.21. The number of piperidine rings is 1. The number of likely N-dealkylation sites (tertiary alicyclic amines) is 1. The number of hydrogen-bond donors (Lipinski definition) is 1. The lowest BCUT2D eigenvalue weighted by molar-refractivity contribution is -0.146. The van der Waals surface area contributed by atoms with E-state index in [0.29, 0.717) is 19.1 Å². The van der Waals surface area contributed by atoms with Gasteiger partial charge in [-0.15, -0.1) is 0 Å². The van der Waals surface area contributed by atoms with Crippen molar-refractivity contribution in [3.05, 3.63) is 18.2 Å². The summed E-state index contributed by atoms with van der Waals surface area (Å²) in [6, 6.07) is 0. The number of nitrogens with one attached hydrogen (secondary N) is 1. The summed E-state index contributed by atoms with van der Waals surface area (Å²) in [5.74, 6) is 1.77. The van der Waals surface area contributed by atoms with E-state index in [1.807, 2.05) is 11.1 Å². The predicted molar refractivity (Wildman–Crippen MR) is 96.6 cm³/mol. The van der Waals surface area contributed by atoms with Gasteiger partial charge in [0.2, 0.25) is 0 Å². The van der Waals surface area contributed by atoms with Gasteiger partial charge in [0.25, 0.3) is 5.91 Å². The van der Waals surface area contributed by atoms with Crippen LogP contribution in [0.4, 0.5) is 0 Å². The monoisotopic (exact) mass is 349 g/mol. The molecule has 2 fully saturated rings. The van der Waals surface area contributed by atoms with Gasteiger partial charge in [-0.1, -0.05) is 0 Å². The van der Waals surface area contributed by atoms with Crippen molar-refractivity contribution >= 4 is 5.91 Å². The summed E-state index contributed by atoms with van der Waals surface area (Å²) in [5.41, 5.74) is 0. The topological polar surface area (TPSA) is 62.6 Å². The van der Waals surface area contributed by atoms with Crippen LogP contribution in [0.1, 0.15) is 31.0 Å². The molecule has 7 nitrogen and oxygen atoms in total. The molecule has 25 heavy (non-hydrogen) atoms. The zero-order valence-corrected chi connectivity index (χ0v) is 15.5. The second-order valence-corrected chi connectivity index (χ2v) is 7.30. The van der Waals surface area contributed by atoms with Crippen molar-refractivity contribution in [3.8, 4) is 0 Å². The third kappa shape index (κ3) is 4.80. The lowest BCUT2D eigenvalue weighted by Gasteiger charge is -2.35. The van der Waals surface area contributed by atoms with E-state index < -0.39 is 0 Å². The van der Waals surface area contributed by atoms with Crippen molar-refractivity contribution in [3.63, 3.8) is 0 Å². The van der Waals surface area contributed by atoms with Crippen LogP contribution in [-0.4, -0.2) is 84.8 Å². The fourth-order valence-corrected chi connectivity index (χ4v) is 3.71. The molecular weight excluding hydrogens is 318 g/mol. The summed E-state index contributed by atoms with van der Waals surface area (Å²) >= 11 is 0. The minimum Gasteiger partial charge on any atom is -0.366 e. The molecule has 0 unspecified atom stereocenters. The number of rotatable bonds is 6. The molecule has 140 valence electrons. The Morgan fingerprint density at radius 1 is 1.40 bits per heavy atom. The fourth-order valence-electron chi connectivity index (χ4n) is 3.71. The summed E-state index contributed by atoms with van der Waals surface area (Å²) in [6.07, 6.45) is 6.78. The second-order valence-electron chi connectivity index (χ2n) is 7.30. The number of aromatic nitrogens is 2. The molecule has 1 aromatic heterocycles. The number of morpholine rings is 1. The Hall–Kier alpha value is -1.44. The van der Waals surface area contributed by atoms with Gasteiger partial charge in [0.05, 0.1) is 6.61 Å². The minimum absolute atomic E-state index is 0.139. The number of aryl methyl sites for hydroxylation is 1. The van der Waals surface area contributed by atoms with Gasteiger partial charge >= 0.3 is 0 Å². The maximum absolute atomic E-state index is 12.6. The molecule has 1 amide bonds. The molecule has 2 aliphatic heterocycles. The van der Waals surface area contributed by atoms with Crippen LogP contribution in [0.2, 0.25) is 0 Å². The van der Waals surface area contributed by atoms with Gasteiger partial charge in [0.1, 0.15) is 11.9 Å². The number of ether oxygens (including phenoxy) is 1. The smallest absolute Gasteiger partial charge is 0.253 e. The van der Waals surface area contributed by atoms with E-state index in [9.17, 15) is 4.79 Å². The Morgan fingerprint density at radius 2 is 2.20 bits per heavy atom. The van der Waals surface area contributed by atoms with Crippen molar-refractivity contribution in [2.45, 2.75) is 37.8 Å². The van der Waals surface area contributed by atoms with Gasteiger partial charge in [-0.3, -0.25) is 4.79 Å². The maximum Gasteiger partial charge on any atom is 0.253 e. The van der Waals surface area contributed by atoms with E-state index in [4.69, 9.17) is 4.74 Å². The zero-order valence-electron chi connectivity index (χ0n) is 15.5. The number of carbonyl (C=O) groups is 1. The van der Waals surface area contributed by atoms with Crippen molar-refractivity contribution in [1.29, 1.82) is 0 Å². The molecule has 3 heterocycles. The third-order valence-corrected chi connectivity index (χ3v) is 5.13. The highest BCUT2D eigenvalue weighted by Gasteiger charge is 2.31. The first-order valence-electron chi connectivity index (χ1n) is 9.42. The first-order valence-corrected chi connectivity index (χ1v) is 9.42. The summed E-state index contributed by atoms with van der Waals surface area (Å²) < 4.78 is 7.89. The number of amides is 1. The molecule has 0 aliphatic carbocycles. The lowest BCUT2D eigenvalue weighted by atomic mass is 9.95. The van der Waals surface area contributed by atoms with Crippen molar-refractivity contribution in [1.82, 2.24) is 24.7 Å². The minimum atomic E-state index is -0.307. The summed E-state index contributed by atoms with van der Waals surface area (Å²) in [5, 5.41) is 3.23. The molecule has 1 N–H and O–H groups in total. The van der Waals surface area contributed by atoms with Crippen molar-refractivity contribution in [2.24, 2.45) is 0 Å². The molecule has 0 spiro atoms. The molecule has 1 aromatic rings. The lowest BCUT2D eigenvalue weighted by Crippen LogP contribution is -2.51. The van der Waals surface area contributed by atoms with Crippen LogP contribution in [-0.2, 0) is 16.1 Å². The zero-order chi connectivity index (χ0) is 17.6. The SMILES string of the molecule is CN(C)CCCn1ccnc1C1CCN(C(=O)[C@@H]2CNCCO2)CC1. The van der Waals surface area contributed by atoms with Crippen LogP contribution in [0, 0.1) is 0 Å². The molecular formula is C18H31N5O2. The van der Waals surface area contributed by atoms with Crippen LogP contribution in [0.3, 0.4) is 0 Å². The van der Waals surface area contributed by atoms with Crippen LogP contribution in [0.15, 0.2) is 12.4 Å². The maximum atomic E-state index is 12.6. The average Bonchev–Trinajstić information content (AvgIpc) is 3.10. The van der Waals surface area contributed by atoms with Crippen molar-refractivity contribution in [2.75, 3.05) is 53.4 Å². The van der Waals surface area contributed by atoms with Gasteiger partial charge in [-0.25, -0.2) is 4.98 Å².